The Balaban J connectivity index is 2.40. The summed E-state index contributed by atoms with van der Waals surface area (Å²) in [5.74, 6) is -1.11. The van der Waals surface area contributed by atoms with Crippen molar-refractivity contribution in [1.82, 2.24) is 10.3 Å². The minimum absolute atomic E-state index is 0.0989. The first-order valence-electron chi connectivity index (χ1n) is 7.90. The zero-order valence-electron chi connectivity index (χ0n) is 14.1. The fourth-order valence-corrected chi connectivity index (χ4v) is 3.68. The third-order valence-corrected chi connectivity index (χ3v) is 5.42. The van der Waals surface area contributed by atoms with Gasteiger partial charge in [0.15, 0.2) is 0 Å². The van der Waals surface area contributed by atoms with Crippen LogP contribution in [0.15, 0.2) is 6.07 Å². The summed E-state index contributed by atoms with van der Waals surface area (Å²) in [4.78, 5) is 27.5. The maximum absolute atomic E-state index is 12.4. The van der Waals surface area contributed by atoms with Gasteiger partial charge in [-0.1, -0.05) is 37.0 Å². The first kappa shape index (κ1) is 18.0. The van der Waals surface area contributed by atoms with E-state index in [0.717, 1.165) is 11.3 Å². The van der Waals surface area contributed by atoms with Crippen LogP contribution >= 0.6 is 23.2 Å². The van der Waals surface area contributed by atoms with Gasteiger partial charge >= 0.3 is 0 Å². The second-order valence-electron chi connectivity index (χ2n) is 6.91. The Morgan fingerprint density at radius 2 is 2.12 bits per heavy atom. The van der Waals surface area contributed by atoms with Crippen LogP contribution in [0, 0.1) is 0 Å². The molecule has 2 amide bonds. The second kappa shape index (κ2) is 6.20. The van der Waals surface area contributed by atoms with Gasteiger partial charge in [-0.05, 0) is 18.6 Å². The number of fused-ring (bicyclic) bond motifs is 3. The highest BCUT2D eigenvalue weighted by atomic mass is 35.5. The molecule has 25 heavy (non-hydrogen) atoms. The van der Waals surface area contributed by atoms with Crippen LogP contribution in [0.5, 0.6) is 0 Å². The largest absolute Gasteiger partial charge is 0.387 e. The monoisotopic (exact) mass is 383 g/mol. The number of hydrogen-bond donors (Lipinski definition) is 4. The summed E-state index contributed by atoms with van der Waals surface area (Å²) >= 11 is 12.6. The van der Waals surface area contributed by atoms with Gasteiger partial charge < -0.3 is 20.7 Å². The Morgan fingerprint density at radius 3 is 2.76 bits per heavy atom. The van der Waals surface area contributed by atoms with Gasteiger partial charge in [-0.2, -0.15) is 0 Å². The van der Waals surface area contributed by atoms with Crippen LogP contribution in [0.4, 0.5) is 5.69 Å². The number of amides is 2. The lowest BCUT2D eigenvalue weighted by molar-refractivity contribution is -0.122. The number of carbonyl (C=O) groups is 2. The number of aromatic amines is 1. The van der Waals surface area contributed by atoms with Gasteiger partial charge in [0, 0.05) is 23.0 Å². The lowest BCUT2D eigenvalue weighted by Gasteiger charge is -2.22. The average molecular weight is 384 g/mol. The third-order valence-electron chi connectivity index (χ3n) is 4.63. The molecule has 0 unspecified atom stereocenters. The van der Waals surface area contributed by atoms with E-state index < -0.39 is 18.4 Å². The molecule has 3 rings (SSSR count). The van der Waals surface area contributed by atoms with Crippen LogP contribution in [0.2, 0.25) is 10.0 Å². The quantitative estimate of drug-likeness (QED) is 0.641. The minimum Gasteiger partial charge on any atom is -0.387 e. The highest BCUT2D eigenvalue weighted by Gasteiger charge is 2.37. The molecule has 0 aliphatic carbocycles. The van der Waals surface area contributed by atoms with E-state index >= 15 is 0 Å². The van der Waals surface area contributed by atoms with E-state index in [1.807, 2.05) is 20.8 Å². The van der Waals surface area contributed by atoms with Crippen molar-refractivity contribution >= 4 is 51.6 Å². The van der Waals surface area contributed by atoms with E-state index in [1.54, 1.807) is 0 Å². The van der Waals surface area contributed by atoms with Crippen LogP contribution < -0.4 is 10.6 Å². The first-order chi connectivity index (χ1) is 11.7. The molecule has 1 aromatic carbocycles. The summed E-state index contributed by atoms with van der Waals surface area (Å²) in [6, 6.07) is 1.54. The molecule has 0 spiro atoms. The van der Waals surface area contributed by atoms with Crippen LogP contribution in [0.25, 0.3) is 10.9 Å². The van der Waals surface area contributed by atoms with Gasteiger partial charge in [-0.3, -0.25) is 9.59 Å². The Hall–Kier alpha value is -1.76. The number of aliphatic hydroxyl groups is 1. The molecule has 1 aromatic heterocycles. The van der Waals surface area contributed by atoms with Crippen LogP contribution in [-0.2, 0) is 15.0 Å². The summed E-state index contributed by atoms with van der Waals surface area (Å²) in [5.41, 5.74) is 2.28. The molecule has 0 bridgehead atoms. The average Bonchev–Trinajstić information content (AvgIpc) is 2.95. The van der Waals surface area contributed by atoms with Crippen molar-refractivity contribution in [3.05, 3.63) is 27.4 Å². The summed E-state index contributed by atoms with van der Waals surface area (Å²) in [6.45, 7) is 5.65. The number of aliphatic hydroxyl groups excluding tert-OH is 1. The Bertz CT molecular complexity index is 889. The number of benzene rings is 1. The van der Waals surface area contributed by atoms with Crippen molar-refractivity contribution in [3.8, 4) is 0 Å². The molecule has 1 aliphatic heterocycles. The van der Waals surface area contributed by atoms with Gasteiger partial charge in [0.2, 0.25) is 11.8 Å². The molecule has 0 saturated carbocycles. The van der Waals surface area contributed by atoms with E-state index in [9.17, 15) is 9.59 Å². The van der Waals surface area contributed by atoms with Crippen LogP contribution in [0.1, 0.15) is 37.9 Å². The predicted octanol–water partition coefficient (Wildman–Crippen LogP) is 2.92. The topological polar surface area (TPSA) is 94.2 Å². The van der Waals surface area contributed by atoms with Crippen LogP contribution in [-0.4, -0.2) is 35.1 Å². The molecule has 2 aromatic rings. The standard InChI is InChI=1S/C17H19Cl2N3O3/c1-7-11-12-9(21-10(24)5-23)4-8(18)13(19)14(12)22-15(11)17(2,3)6-20-16(7)25/h4,7,22-23H,5-6H2,1-3H3,(H,20,25)(H,21,24)/t7-/m0/s1. The number of anilines is 1. The van der Waals surface area contributed by atoms with Gasteiger partial charge in [0.25, 0.3) is 0 Å². The molecule has 1 aliphatic rings. The number of aromatic nitrogens is 1. The van der Waals surface area contributed by atoms with Crippen molar-refractivity contribution in [3.63, 3.8) is 0 Å². The third kappa shape index (κ3) is 2.88. The SMILES string of the molecule is C[C@@H]1C(=O)NCC(C)(C)c2[nH]c3c(Cl)c(Cl)cc(NC(=O)CO)c3c21. The molecule has 134 valence electrons. The summed E-state index contributed by atoms with van der Waals surface area (Å²) in [5, 5.41) is 15.9. The van der Waals surface area contributed by atoms with Gasteiger partial charge in [0.05, 0.1) is 27.2 Å². The Kier molecular flexibility index (Phi) is 4.47. The Labute approximate surface area is 154 Å². The Morgan fingerprint density at radius 1 is 1.44 bits per heavy atom. The molecule has 6 nitrogen and oxygen atoms in total. The predicted molar refractivity (Wildman–Crippen MR) is 98.5 cm³/mol. The van der Waals surface area contributed by atoms with E-state index in [-0.39, 0.29) is 16.3 Å². The molecule has 8 heteroatoms. The second-order valence-corrected chi connectivity index (χ2v) is 7.70. The maximum Gasteiger partial charge on any atom is 0.250 e. The molecular formula is C17H19Cl2N3O3. The molecular weight excluding hydrogens is 365 g/mol. The molecule has 4 N–H and O–H groups in total. The van der Waals surface area contributed by atoms with E-state index in [2.05, 4.69) is 15.6 Å². The number of hydrogen-bond acceptors (Lipinski definition) is 3. The van der Waals surface area contributed by atoms with E-state index in [4.69, 9.17) is 28.3 Å². The number of rotatable bonds is 2. The van der Waals surface area contributed by atoms with Crippen molar-refractivity contribution < 1.29 is 14.7 Å². The van der Waals surface area contributed by atoms with Gasteiger partial charge in [-0.25, -0.2) is 0 Å². The smallest absolute Gasteiger partial charge is 0.250 e. The zero-order valence-corrected chi connectivity index (χ0v) is 15.6. The van der Waals surface area contributed by atoms with Crippen molar-refractivity contribution in [1.29, 1.82) is 0 Å². The van der Waals surface area contributed by atoms with Crippen molar-refractivity contribution in [2.24, 2.45) is 0 Å². The highest BCUT2D eigenvalue weighted by molar-refractivity contribution is 6.46. The van der Waals surface area contributed by atoms with Crippen LogP contribution in [0.3, 0.4) is 0 Å². The number of H-pyrrole nitrogens is 1. The zero-order chi connectivity index (χ0) is 18.5. The van der Waals surface area contributed by atoms with E-state index in [1.165, 1.54) is 6.07 Å². The fourth-order valence-electron chi connectivity index (χ4n) is 3.28. The minimum atomic E-state index is -0.657. The molecule has 0 saturated heterocycles. The molecule has 2 heterocycles. The van der Waals surface area contributed by atoms with Crippen molar-refractivity contribution in [2.75, 3.05) is 18.5 Å². The molecule has 0 radical (unpaired) electrons. The lowest BCUT2D eigenvalue weighted by atomic mass is 9.84. The number of carbonyl (C=O) groups excluding carboxylic acids is 2. The van der Waals surface area contributed by atoms with Gasteiger partial charge in [-0.15, -0.1) is 0 Å². The van der Waals surface area contributed by atoms with Crippen molar-refractivity contribution in [2.45, 2.75) is 32.1 Å². The van der Waals surface area contributed by atoms with Gasteiger partial charge in [0.1, 0.15) is 6.61 Å². The van der Waals surface area contributed by atoms with E-state index in [0.29, 0.717) is 28.2 Å². The number of halogens is 2. The fraction of sp³-hybridized carbons (Fsp3) is 0.412. The molecule has 0 fully saturated rings. The lowest BCUT2D eigenvalue weighted by Crippen LogP contribution is -2.35. The summed E-state index contributed by atoms with van der Waals surface area (Å²) < 4.78 is 0. The first-order valence-corrected chi connectivity index (χ1v) is 8.65. The highest BCUT2D eigenvalue weighted by Crippen LogP contribution is 2.45. The summed E-state index contributed by atoms with van der Waals surface area (Å²) in [6.07, 6.45) is 0. The number of nitrogens with one attached hydrogen (secondary N) is 3. The maximum atomic E-state index is 12.4. The molecule has 1 atom stereocenters. The summed E-state index contributed by atoms with van der Waals surface area (Å²) in [7, 11) is 0. The normalized spacial score (nSPS) is 19.3.